The zero-order valence-corrected chi connectivity index (χ0v) is 9.80. The van der Waals surface area contributed by atoms with Gasteiger partial charge in [-0.1, -0.05) is 0 Å². The Morgan fingerprint density at radius 1 is 1.53 bits per heavy atom. The molecular formula is C10H15N3OS. The lowest BCUT2D eigenvalue weighted by molar-refractivity contribution is 0.397. The number of hydrogen-bond acceptors (Lipinski definition) is 5. The summed E-state index contributed by atoms with van der Waals surface area (Å²) in [6, 6.07) is 2.33. The van der Waals surface area contributed by atoms with Gasteiger partial charge in [-0.15, -0.1) is 0 Å². The van der Waals surface area contributed by atoms with E-state index in [2.05, 4.69) is 15.3 Å². The van der Waals surface area contributed by atoms with Crippen molar-refractivity contribution in [3.8, 4) is 5.88 Å². The van der Waals surface area contributed by atoms with Crippen LogP contribution in [0.25, 0.3) is 0 Å². The summed E-state index contributed by atoms with van der Waals surface area (Å²) in [5, 5.41) is 3.33. The summed E-state index contributed by atoms with van der Waals surface area (Å²) >= 11 is 1.97. The Bertz CT molecular complexity index is 339. The second-order valence-electron chi connectivity index (χ2n) is 3.58. The fourth-order valence-corrected chi connectivity index (χ4v) is 2.69. The number of nitrogens with one attached hydrogen (secondary N) is 1. The highest BCUT2D eigenvalue weighted by Crippen LogP contribution is 2.20. The summed E-state index contributed by atoms with van der Waals surface area (Å²) in [5.41, 5.74) is 0.926. The van der Waals surface area contributed by atoms with Crippen LogP contribution < -0.4 is 10.1 Å². The van der Waals surface area contributed by atoms with Gasteiger partial charge in [0.25, 0.3) is 0 Å². The van der Waals surface area contributed by atoms with E-state index in [-0.39, 0.29) is 0 Å². The van der Waals surface area contributed by atoms with Crippen molar-refractivity contribution in [2.24, 2.45) is 0 Å². The summed E-state index contributed by atoms with van der Waals surface area (Å²) in [7, 11) is 1.62. The molecule has 0 amide bonds. The second-order valence-corrected chi connectivity index (χ2v) is 4.73. The van der Waals surface area contributed by atoms with E-state index in [1.807, 2.05) is 24.8 Å². The average molecular weight is 225 g/mol. The van der Waals surface area contributed by atoms with Crippen LogP contribution in [0, 0.1) is 6.92 Å². The third-order valence-corrected chi connectivity index (χ3v) is 3.47. The molecule has 1 fully saturated rings. The lowest BCUT2D eigenvalue weighted by Gasteiger charge is -2.12. The standard InChI is InChI=1S/C10H15N3OS/c1-7-5-9(14-2)13-10(11-7)12-8-3-4-15-6-8/h5,8H,3-4,6H2,1-2H3,(H,11,12,13). The van der Waals surface area contributed by atoms with Crippen LogP contribution in [0.3, 0.4) is 0 Å². The SMILES string of the molecule is COc1cc(C)nc(NC2CCSC2)n1. The zero-order valence-electron chi connectivity index (χ0n) is 8.99. The summed E-state index contributed by atoms with van der Waals surface area (Å²) in [5.74, 6) is 3.66. The number of rotatable bonds is 3. The Morgan fingerprint density at radius 2 is 2.40 bits per heavy atom. The van der Waals surface area contributed by atoms with Crippen LogP contribution in [-0.2, 0) is 0 Å². The van der Waals surface area contributed by atoms with Crippen molar-refractivity contribution in [1.29, 1.82) is 0 Å². The van der Waals surface area contributed by atoms with Gasteiger partial charge in [0.05, 0.1) is 7.11 Å². The first kappa shape index (κ1) is 10.5. The Morgan fingerprint density at radius 3 is 3.07 bits per heavy atom. The van der Waals surface area contributed by atoms with Crippen LogP contribution in [0.15, 0.2) is 6.07 Å². The van der Waals surface area contributed by atoms with E-state index >= 15 is 0 Å². The molecule has 1 aliphatic heterocycles. The Labute approximate surface area is 93.8 Å². The molecule has 1 aliphatic rings. The first-order valence-corrected chi connectivity index (χ1v) is 6.17. The molecule has 0 spiro atoms. The molecular weight excluding hydrogens is 210 g/mol. The monoisotopic (exact) mass is 225 g/mol. The van der Waals surface area contributed by atoms with Crippen LogP contribution in [0.1, 0.15) is 12.1 Å². The van der Waals surface area contributed by atoms with Crippen LogP contribution in [-0.4, -0.2) is 34.6 Å². The molecule has 5 heteroatoms. The predicted octanol–water partition coefficient (Wildman–Crippen LogP) is 1.71. The van der Waals surface area contributed by atoms with E-state index in [4.69, 9.17) is 4.74 Å². The van der Waals surface area contributed by atoms with Gasteiger partial charge >= 0.3 is 0 Å². The highest BCUT2D eigenvalue weighted by atomic mass is 32.2. The van der Waals surface area contributed by atoms with Gasteiger partial charge in [0.15, 0.2) is 0 Å². The quantitative estimate of drug-likeness (QED) is 0.848. The molecule has 1 aromatic heterocycles. The fourth-order valence-electron chi connectivity index (χ4n) is 1.54. The van der Waals surface area contributed by atoms with Gasteiger partial charge in [0.1, 0.15) is 0 Å². The van der Waals surface area contributed by atoms with E-state index in [1.54, 1.807) is 7.11 Å². The van der Waals surface area contributed by atoms with Gasteiger partial charge in [-0.05, 0) is 19.1 Å². The predicted molar refractivity (Wildman–Crippen MR) is 62.7 cm³/mol. The molecule has 1 saturated heterocycles. The Hall–Kier alpha value is -0.970. The molecule has 1 N–H and O–H groups in total. The average Bonchev–Trinajstić information content (AvgIpc) is 2.69. The topological polar surface area (TPSA) is 47.0 Å². The van der Waals surface area contributed by atoms with Gasteiger partial charge in [0, 0.05) is 23.6 Å². The number of hydrogen-bond donors (Lipinski definition) is 1. The smallest absolute Gasteiger partial charge is 0.226 e. The summed E-state index contributed by atoms with van der Waals surface area (Å²) in [4.78, 5) is 8.60. The molecule has 0 aliphatic carbocycles. The van der Waals surface area contributed by atoms with Crippen molar-refractivity contribution in [3.63, 3.8) is 0 Å². The van der Waals surface area contributed by atoms with Crippen molar-refractivity contribution in [3.05, 3.63) is 11.8 Å². The molecule has 1 unspecified atom stereocenters. The highest BCUT2D eigenvalue weighted by molar-refractivity contribution is 7.99. The van der Waals surface area contributed by atoms with Gasteiger partial charge in [-0.25, -0.2) is 4.98 Å². The molecule has 0 radical (unpaired) electrons. The molecule has 2 rings (SSSR count). The number of methoxy groups -OCH3 is 1. The van der Waals surface area contributed by atoms with Crippen LogP contribution in [0.4, 0.5) is 5.95 Å². The van der Waals surface area contributed by atoms with E-state index in [0.29, 0.717) is 17.9 Å². The Balaban J connectivity index is 2.09. The first-order valence-electron chi connectivity index (χ1n) is 5.02. The molecule has 0 bridgehead atoms. The van der Waals surface area contributed by atoms with Crippen molar-refractivity contribution < 1.29 is 4.74 Å². The summed E-state index contributed by atoms with van der Waals surface area (Å²) in [6.07, 6.45) is 1.18. The van der Waals surface area contributed by atoms with Crippen molar-refractivity contribution in [2.75, 3.05) is 23.9 Å². The fraction of sp³-hybridized carbons (Fsp3) is 0.600. The molecule has 1 aromatic rings. The number of thioether (sulfide) groups is 1. The number of ether oxygens (including phenoxy) is 1. The van der Waals surface area contributed by atoms with Crippen LogP contribution in [0.2, 0.25) is 0 Å². The summed E-state index contributed by atoms with van der Waals surface area (Å²) < 4.78 is 5.10. The van der Waals surface area contributed by atoms with Crippen molar-refractivity contribution in [1.82, 2.24) is 9.97 Å². The molecule has 15 heavy (non-hydrogen) atoms. The minimum absolute atomic E-state index is 0.501. The maximum Gasteiger partial charge on any atom is 0.226 e. The lowest BCUT2D eigenvalue weighted by atomic mass is 10.3. The lowest BCUT2D eigenvalue weighted by Crippen LogP contribution is -2.20. The third kappa shape index (κ3) is 2.75. The Kier molecular flexibility index (Phi) is 3.30. The second kappa shape index (κ2) is 4.70. The summed E-state index contributed by atoms with van der Waals surface area (Å²) in [6.45, 7) is 1.94. The van der Waals surface area contributed by atoms with Crippen LogP contribution in [0.5, 0.6) is 5.88 Å². The number of aromatic nitrogens is 2. The molecule has 1 atom stereocenters. The molecule has 4 nitrogen and oxygen atoms in total. The van der Waals surface area contributed by atoms with Crippen molar-refractivity contribution in [2.45, 2.75) is 19.4 Å². The number of nitrogens with zero attached hydrogens (tertiary/aromatic N) is 2. The maximum atomic E-state index is 5.10. The number of anilines is 1. The molecule has 0 aromatic carbocycles. The zero-order chi connectivity index (χ0) is 10.7. The number of aryl methyl sites for hydroxylation is 1. The minimum Gasteiger partial charge on any atom is -0.481 e. The van der Waals surface area contributed by atoms with Gasteiger partial charge in [-0.2, -0.15) is 16.7 Å². The van der Waals surface area contributed by atoms with E-state index in [0.717, 1.165) is 11.4 Å². The van der Waals surface area contributed by atoms with Gasteiger partial charge < -0.3 is 10.1 Å². The first-order chi connectivity index (χ1) is 7.28. The van der Waals surface area contributed by atoms with Crippen molar-refractivity contribution >= 4 is 17.7 Å². The third-order valence-electron chi connectivity index (χ3n) is 2.30. The van der Waals surface area contributed by atoms with Gasteiger partial charge in [-0.3, -0.25) is 0 Å². The molecule has 2 heterocycles. The molecule has 0 saturated carbocycles. The minimum atomic E-state index is 0.501. The van der Waals surface area contributed by atoms with E-state index in [9.17, 15) is 0 Å². The van der Waals surface area contributed by atoms with E-state index in [1.165, 1.54) is 12.2 Å². The van der Waals surface area contributed by atoms with E-state index < -0.39 is 0 Å². The largest absolute Gasteiger partial charge is 0.481 e. The van der Waals surface area contributed by atoms with Gasteiger partial charge in [0.2, 0.25) is 11.8 Å². The van der Waals surface area contributed by atoms with Crippen LogP contribution >= 0.6 is 11.8 Å². The molecule has 82 valence electrons. The maximum absolute atomic E-state index is 5.10. The highest BCUT2D eigenvalue weighted by Gasteiger charge is 2.16. The normalized spacial score (nSPS) is 20.3.